The molecule has 0 spiro atoms. The van der Waals surface area contributed by atoms with Gasteiger partial charge in [-0.25, -0.2) is 0 Å². The van der Waals surface area contributed by atoms with Crippen molar-refractivity contribution >= 4 is 39.2 Å². The maximum atomic E-state index is 13.3. The second-order valence-electron chi connectivity index (χ2n) is 9.54. The Hall–Kier alpha value is -2.51. The normalized spacial score (nSPS) is 25.3. The minimum atomic E-state index is -1.53. The van der Waals surface area contributed by atoms with Crippen molar-refractivity contribution in [3.8, 4) is 0 Å². The summed E-state index contributed by atoms with van der Waals surface area (Å²) in [5.41, 5.74) is 0.591. The molecule has 2 unspecified atom stereocenters. The van der Waals surface area contributed by atoms with Crippen LogP contribution < -0.4 is 10.6 Å². The van der Waals surface area contributed by atoms with E-state index in [0.29, 0.717) is 0 Å². The summed E-state index contributed by atoms with van der Waals surface area (Å²) in [6.45, 7) is 0. The van der Waals surface area contributed by atoms with Crippen LogP contribution in [0.15, 0.2) is 53.0 Å². The molecule has 2 aromatic rings. The predicted octanol–water partition coefficient (Wildman–Crippen LogP) is 4.54. The number of rotatable bonds is 8. The van der Waals surface area contributed by atoms with Crippen LogP contribution in [0.1, 0.15) is 60.4 Å². The molecule has 2 saturated carbocycles. The van der Waals surface area contributed by atoms with Gasteiger partial charge in [0.2, 0.25) is 11.6 Å². The predicted molar refractivity (Wildman–Crippen MR) is 129 cm³/mol. The number of carboxylic acids is 1. The van der Waals surface area contributed by atoms with Gasteiger partial charge in [0.25, 0.3) is 0 Å². The van der Waals surface area contributed by atoms with Crippen molar-refractivity contribution in [3.63, 3.8) is 0 Å². The molecule has 6 nitrogen and oxygen atoms in total. The van der Waals surface area contributed by atoms with Crippen LogP contribution in [0.2, 0.25) is 0 Å². The second-order valence-corrected chi connectivity index (χ2v) is 10.5. The molecule has 0 amide bonds. The Morgan fingerprint density at radius 3 is 2.45 bits per heavy atom. The summed E-state index contributed by atoms with van der Waals surface area (Å²) in [6, 6.07) is 14.6. The third-order valence-corrected chi connectivity index (χ3v) is 7.91. The molecule has 33 heavy (non-hydrogen) atoms. The number of fused-ring (bicyclic) bond motifs is 2. The minimum Gasteiger partial charge on any atom is -0.480 e. The van der Waals surface area contributed by atoms with Crippen LogP contribution in [0.3, 0.4) is 0 Å². The number of Topliss-reactive ketones (excluding diaryl/α,β-unsaturated/α-hetero) is 2. The highest BCUT2D eigenvalue weighted by Crippen LogP contribution is 2.52. The Labute approximate surface area is 201 Å². The summed E-state index contributed by atoms with van der Waals surface area (Å²) >= 11 is 3.34. The van der Waals surface area contributed by atoms with Crippen molar-refractivity contribution < 1.29 is 19.5 Å². The van der Waals surface area contributed by atoms with Gasteiger partial charge in [-0.1, -0.05) is 40.5 Å². The quantitative estimate of drug-likeness (QED) is 0.356. The summed E-state index contributed by atoms with van der Waals surface area (Å²) in [6.07, 6.45) is 4.27. The third kappa shape index (κ3) is 4.13. The lowest BCUT2D eigenvalue weighted by Gasteiger charge is -2.46. The van der Waals surface area contributed by atoms with E-state index < -0.39 is 29.0 Å². The Kier molecular flexibility index (Phi) is 5.87. The number of benzene rings is 2. The van der Waals surface area contributed by atoms with Crippen molar-refractivity contribution in [1.82, 2.24) is 5.32 Å². The molecule has 4 atom stereocenters. The first kappa shape index (κ1) is 22.3. The molecule has 0 saturated heterocycles. The third-order valence-electron chi connectivity index (χ3n) is 7.38. The van der Waals surface area contributed by atoms with Crippen molar-refractivity contribution in [2.24, 2.45) is 5.92 Å². The first-order valence-corrected chi connectivity index (χ1v) is 12.4. The summed E-state index contributed by atoms with van der Waals surface area (Å²) in [4.78, 5) is 39.4. The number of aliphatic carboxylic acids is 1. The Morgan fingerprint density at radius 2 is 1.76 bits per heavy atom. The van der Waals surface area contributed by atoms with Gasteiger partial charge in [0.15, 0.2) is 0 Å². The minimum absolute atomic E-state index is 0.0542. The highest BCUT2D eigenvalue weighted by atomic mass is 79.9. The zero-order valence-corrected chi connectivity index (χ0v) is 19.8. The fourth-order valence-corrected chi connectivity index (χ4v) is 6.00. The molecule has 0 aromatic heterocycles. The number of carboxylic acid groups (broad SMARTS) is 1. The van der Waals surface area contributed by atoms with Crippen molar-refractivity contribution in [2.75, 3.05) is 5.32 Å². The lowest BCUT2D eigenvalue weighted by atomic mass is 9.65. The SMILES string of the molecule is O=C(CC(NC1CC1)(C(=O)O)C1c2ccccc2N[C@@H]2CCC[C@H]12)C(=O)c1ccc(Br)cc1. The van der Waals surface area contributed by atoms with E-state index in [4.69, 9.17) is 0 Å². The number of ketones is 2. The molecular weight excluding hydrogens is 484 g/mol. The monoisotopic (exact) mass is 510 g/mol. The number of nitrogens with one attached hydrogen (secondary N) is 2. The summed E-state index contributed by atoms with van der Waals surface area (Å²) in [5, 5.41) is 17.6. The zero-order chi connectivity index (χ0) is 23.2. The molecule has 1 heterocycles. The van der Waals surface area contributed by atoms with Gasteiger partial charge in [-0.2, -0.15) is 0 Å². The van der Waals surface area contributed by atoms with Gasteiger partial charge < -0.3 is 10.4 Å². The summed E-state index contributed by atoms with van der Waals surface area (Å²) in [7, 11) is 0. The first-order valence-electron chi connectivity index (χ1n) is 11.6. The molecule has 5 rings (SSSR count). The summed E-state index contributed by atoms with van der Waals surface area (Å²) < 4.78 is 0.806. The zero-order valence-electron chi connectivity index (χ0n) is 18.2. The molecule has 2 aromatic carbocycles. The number of halogens is 1. The molecule has 0 bridgehead atoms. The molecule has 3 aliphatic rings. The van der Waals surface area contributed by atoms with E-state index >= 15 is 0 Å². The van der Waals surface area contributed by atoms with Crippen LogP contribution in [0.4, 0.5) is 5.69 Å². The van der Waals surface area contributed by atoms with E-state index in [1.165, 1.54) is 0 Å². The fraction of sp³-hybridized carbons (Fsp3) is 0.423. The Bertz CT molecular complexity index is 1100. The van der Waals surface area contributed by atoms with Crippen molar-refractivity contribution in [2.45, 2.75) is 62.1 Å². The molecular formula is C26H27BrN2O4. The highest BCUT2D eigenvalue weighted by Gasteiger charge is 2.57. The number of hydrogen-bond acceptors (Lipinski definition) is 5. The van der Waals surface area contributed by atoms with Gasteiger partial charge >= 0.3 is 5.97 Å². The molecule has 172 valence electrons. The maximum Gasteiger partial charge on any atom is 0.325 e. The standard InChI is InChI=1S/C26H27BrN2O4/c27-16-10-8-15(9-11-16)24(31)22(30)14-26(25(32)33,29-17-12-13-17)23-18-4-1-2-6-20(18)28-21-7-3-5-19(21)23/h1-2,4,6,8-11,17,19,21,23,28-29H,3,5,7,12-14H2,(H,32,33)/t19-,21+,23?,26?/m0/s1. The van der Waals surface area contributed by atoms with E-state index in [-0.39, 0.29) is 30.0 Å². The molecule has 7 heteroatoms. The van der Waals surface area contributed by atoms with Crippen LogP contribution in [-0.2, 0) is 9.59 Å². The van der Waals surface area contributed by atoms with E-state index in [1.807, 2.05) is 24.3 Å². The smallest absolute Gasteiger partial charge is 0.325 e. The van der Waals surface area contributed by atoms with Crippen LogP contribution in [0.5, 0.6) is 0 Å². The van der Waals surface area contributed by atoms with Gasteiger partial charge in [-0.05, 0) is 67.5 Å². The van der Waals surface area contributed by atoms with Gasteiger partial charge in [-0.3, -0.25) is 19.7 Å². The molecule has 0 radical (unpaired) electrons. The molecule has 1 aliphatic heterocycles. The van der Waals surface area contributed by atoms with Crippen LogP contribution >= 0.6 is 15.9 Å². The van der Waals surface area contributed by atoms with Gasteiger partial charge in [0.05, 0.1) is 0 Å². The van der Waals surface area contributed by atoms with Gasteiger partial charge in [-0.15, -0.1) is 0 Å². The topological polar surface area (TPSA) is 95.5 Å². The van der Waals surface area contributed by atoms with E-state index in [2.05, 4.69) is 26.6 Å². The van der Waals surface area contributed by atoms with Gasteiger partial charge in [0, 0.05) is 40.1 Å². The number of carbonyl (C=O) groups is 3. The first-order chi connectivity index (χ1) is 15.9. The second kappa shape index (κ2) is 8.69. The number of carbonyl (C=O) groups excluding carboxylic acids is 2. The van der Waals surface area contributed by atoms with Crippen LogP contribution in [-0.4, -0.2) is 40.3 Å². The van der Waals surface area contributed by atoms with E-state index in [9.17, 15) is 19.5 Å². The molecule has 3 N–H and O–H groups in total. The van der Waals surface area contributed by atoms with Crippen molar-refractivity contribution in [1.29, 1.82) is 0 Å². The van der Waals surface area contributed by atoms with E-state index in [0.717, 1.165) is 47.8 Å². The average molecular weight is 511 g/mol. The Morgan fingerprint density at radius 1 is 1.03 bits per heavy atom. The molecule has 2 aliphatic carbocycles. The number of para-hydroxylation sites is 1. The Balaban J connectivity index is 1.56. The summed E-state index contributed by atoms with van der Waals surface area (Å²) in [5.74, 6) is -2.69. The number of anilines is 1. The van der Waals surface area contributed by atoms with Crippen molar-refractivity contribution in [3.05, 3.63) is 64.1 Å². The van der Waals surface area contributed by atoms with Crippen LogP contribution in [0, 0.1) is 5.92 Å². The largest absolute Gasteiger partial charge is 0.480 e. The lowest BCUT2D eigenvalue weighted by Crippen LogP contribution is -2.62. The van der Waals surface area contributed by atoms with Crippen LogP contribution in [0.25, 0.3) is 0 Å². The van der Waals surface area contributed by atoms with Gasteiger partial charge in [0.1, 0.15) is 5.54 Å². The lowest BCUT2D eigenvalue weighted by molar-refractivity contribution is -0.149. The van der Waals surface area contributed by atoms with E-state index in [1.54, 1.807) is 24.3 Å². The highest BCUT2D eigenvalue weighted by molar-refractivity contribution is 9.10. The average Bonchev–Trinajstić information content (AvgIpc) is 3.50. The maximum absolute atomic E-state index is 13.3. The molecule has 2 fully saturated rings. The fourth-order valence-electron chi connectivity index (χ4n) is 5.74. The number of hydrogen-bond donors (Lipinski definition) is 3.